The highest BCUT2D eigenvalue weighted by atomic mass is 16.5. The van der Waals surface area contributed by atoms with Gasteiger partial charge in [-0.15, -0.1) is 0 Å². The fourth-order valence-corrected chi connectivity index (χ4v) is 1.68. The number of rotatable bonds is 5. The highest BCUT2D eigenvalue weighted by Gasteiger charge is 2.21. The van der Waals surface area contributed by atoms with E-state index >= 15 is 0 Å². The van der Waals surface area contributed by atoms with Gasteiger partial charge in [-0.2, -0.15) is 5.10 Å². The number of ether oxygens (including phenoxy) is 1. The molecule has 0 aliphatic rings. The number of nitrogen functional groups attached to an aromatic ring is 2. The van der Waals surface area contributed by atoms with Crippen molar-refractivity contribution in [2.45, 2.75) is 19.8 Å². The van der Waals surface area contributed by atoms with E-state index in [2.05, 4.69) is 20.1 Å². The van der Waals surface area contributed by atoms with Gasteiger partial charge in [-0.3, -0.25) is 0 Å². The van der Waals surface area contributed by atoms with E-state index in [-0.39, 0.29) is 23.3 Å². The standard InChI is InChI=1S/C12H17N7O2/c1-3-4-5-21-12(20)11-17-10(18-19(11)2)7-8(13)15-6-16-9(7)14/h6H,3-5H2,1-2H3,(H4,13,14,15,16). The third kappa shape index (κ3) is 3.07. The molecule has 0 fully saturated rings. The number of hydrogen-bond donors (Lipinski definition) is 2. The topological polar surface area (TPSA) is 135 Å². The third-order valence-corrected chi connectivity index (χ3v) is 2.81. The van der Waals surface area contributed by atoms with Crippen molar-refractivity contribution in [3.8, 4) is 11.4 Å². The molecule has 21 heavy (non-hydrogen) atoms. The Kier molecular flexibility index (Phi) is 4.31. The Morgan fingerprint density at radius 3 is 2.62 bits per heavy atom. The fraction of sp³-hybridized carbons (Fsp3) is 0.417. The van der Waals surface area contributed by atoms with Crippen LogP contribution in [0.15, 0.2) is 6.33 Å². The minimum Gasteiger partial charge on any atom is -0.460 e. The average Bonchev–Trinajstić information content (AvgIpc) is 2.80. The van der Waals surface area contributed by atoms with Crippen molar-refractivity contribution in [1.29, 1.82) is 0 Å². The van der Waals surface area contributed by atoms with Gasteiger partial charge in [0, 0.05) is 7.05 Å². The first kappa shape index (κ1) is 14.7. The van der Waals surface area contributed by atoms with E-state index in [1.807, 2.05) is 6.92 Å². The Labute approximate surface area is 121 Å². The first-order valence-corrected chi connectivity index (χ1v) is 6.49. The summed E-state index contributed by atoms with van der Waals surface area (Å²) in [5.41, 5.74) is 11.8. The minimum absolute atomic E-state index is 0.0729. The molecule has 2 aromatic heterocycles. The van der Waals surface area contributed by atoms with Gasteiger partial charge in [-0.1, -0.05) is 13.3 Å². The number of nitrogens with zero attached hydrogens (tertiary/aromatic N) is 5. The van der Waals surface area contributed by atoms with Gasteiger partial charge in [0.25, 0.3) is 0 Å². The lowest BCUT2D eigenvalue weighted by atomic mass is 10.2. The quantitative estimate of drug-likeness (QED) is 0.596. The summed E-state index contributed by atoms with van der Waals surface area (Å²) in [6.45, 7) is 2.35. The van der Waals surface area contributed by atoms with Gasteiger partial charge in [0.1, 0.15) is 23.5 Å². The molecule has 0 aliphatic carbocycles. The molecular weight excluding hydrogens is 274 g/mol. The number of aromatic nitrogens is 5. The Morgan fingerprint density at radius 2 is 2.00 bits per heavy atom. The summed E-state index contributed by atoms with van der Waals surface area (Å²) >= 11 is 0. The van der Waals surface area contributed by atoms with Crippen LogP contribution in [0.1, 0.15) is 30.4 Å². The number of unbranched alkanes of at least 4 members (excludes halogenated alkanes) is 1. The number of hydrogen-bond acceptors (Lipinski definition) is 8. The van der Waals surface area contributed by atoms with E-state index in [0.717, 1.165) is 12.8 Å². The second kappa shape index (κ2) is 6.16. The van der Waals surface area contributed by atoms with Crippen LogP contribution in [0.25, 0.3) is 11.4 Å². The van der Waals surface area contributed by atoms with Gasteiger partial charge in [0.05, 0.1) is 6.61 Å². The molecular formula is C12H17N7O2. The zero-order chi connectivity index (χ0) is 15.4. The van der Waals surface area contributed by atoms with E-state index in [1.54, 1.807) is 7.05 Å². The van der Waals surface area contributed by atoms with Crippen LogP contribution < -0.4 is 11.5 Å². The number of aryl methyl sites for hydroxylation is 1. The molecule has 0 aliphatic heterocycles. The van der Waals surface area contributed by atoms with E-state index in [1.165, 1.54) is 11.0 Å². The molecule has 2 rings (SSSR count). The highest BCUT2D eigenvalue weighted by molar-refractivity contribution is 5.87. The van der Waals surface area contributed by atoms with Crippen LogP contribution in [0.4, 0.5) is 11.6 Å². The van der Waals surface area contributed by atoms with Crippen molar-refractivity contribution < 1.29 is 9.53 Å². The first-order valence-electron chi connectivity index (χ1n) is 6.49. The van der Waals surface area contributed by atoms with Crippen LogP contribution in [0.2, 0.25) is 0 Å². The fourth-order valence-electron chi connectivity index (χ4n) is 1.68. The summed E-state index contributed by atoms with van der Waals surface area (Å²) in [5, 5.41) is 4.12. The molecule has 0 saturated carbocycles. The predicted molar refractivity (Wildman–Crippen MR) is 76.0 cm³/mol. The van der Waals surface area contributed by atoms with Crippen LogP contribution in [0, 0.1) is 0 Å². The van der Waals surface area contributed by atoms with Gasteiger partial charge >= 0.3 is 5.97 Å². The van der Waals surface area contributed by atoms with Gasteiger partial charge in [-0.25, -0.2) is 24.4 Å². The third-order valence-electron chi connectivity index (χ3n) is 2.81. The molecule has 0 saturated heterocycles. The lowest BCUT2D eigenvalue weighted by Crippen LogP contribution is -2.12. The molecule has 2 heterocycles. The molecule has 0 unspecified atom stereocenters. The smallest absolute Gasteiger partial charge is 0.376 e. The number of carbonyl (C=O) groups excluding carboxylic acids is 1. The first-order chi connectivity index (χ1) is 10.0. The molecule has 0 radical (unpaired) electrons. The Bertz CT molecular complexity index is 633. The van der Waals surface area contributed by atoms with Crippen molar-refractivity contribution >= 4 is 17.6 Å². The molecule has 4 N–H and O–H groups in total. The van der Waals surface area contributed by atoms with Crippen LogP contribution in [-0.2, 0) is 11.8 Å². The van der Waals surface area contributed by atoms with Crippen molar-refractivity contribution in [2.75, 3.05) is 18.1 Å². The van der Waals surface area contributed by atoms with E-state index in [4.69, 9.17) is 16.2 Å². The number of esters is 1. The molecule has 0 amide bonds. The summed E-state index contributed by atoms with van der Waals surface area (Å²) in [7, 11) is 1.59. The lowest BCUT2D eigenvalue weighted by molar-refractivity contribution is 0.0480. The monoisotopic (exact) mass is 291 g/mol. The maximum absolute atomic E-state index is 11.9. The maximum Gasteiger partial charge on any atom is 0.376 e. The normalized spacial score (nSPS) is 10.6. The largest absolute Gasteiger partial charge is 0.460 e. The number of nitrogens with two attached hydrogens (primary N) is 2. The molecule has 0 atom stereocenters. The lowest BCUT2D eigenvalue weighted by Gasteiger charge is -2.02. The second-order valence-electron chi connectivity index (χ2n) is 4.39. The van der Waals surface area contributed by atoms with E-state index in [0.29, 0.717) is 12.2 Å². The van der Waals surface area contributed by atoms with E-state index < -0.39 is 5.97 Å². The summed E-state index contributed by atoms with van der Waals surface area (Å²) in [6, 6.07) is 0. The minimum atomic E-state index is -0.543. The van der Waals surface area contributed by atoms with Gasteiger partial charge in [-0.05, 0) is 6.42 Å². The van der Waals surface area contributed by atoms with Gasteiger partial charge in [0.15, 0.2) is 5.82 Å². The molecule has 112 valence electrons. The van der Waals surface area contributed by atoms with Crippen molar-refractivity contribution in [1.82, 2.24) is 24.7 Å². The van der Waals surface area contributed by atoms with Gasteiger partial charge in [0.2, 0.25) is 5.82 Å². The van der Waals surface area contributed by atoms with Crippen molar-refractivity contribution in [3.05, 3.63) is 12.2 Å². The molecule has 9 nitrogen and oxygen atoms in total. The highest BCUT2D eigenvalue weighted by Crippen LogP contribution is 2.25. The zero-order valence-electron chi connectivity index (χ0n) is 11.9. The van der Waals surface area contributed by atoms with Crippen LogP contribution >= 0.6 is 0 Å². The maximum atomic E-state index is 11.9. The van der Waals surface area contributed by atoms with Crippen molar-refractivity contribution in [2.24, 2.45) is 7.05 Å². The van der Waals surface area contributed by atoms with Crippen LogP contribution in [-0.4, -0.2) is 37.3 Å². The van der Waals surface area contributed by atoms with Crippen molar-refractivity contribution in [3.63, 3.8) is 0 Å². The summed E-state index contributed by atoms with van der Waals surface area (Å²) in [5.74, 6) is 0.0241. The van der Waals surface area contributed by atoms with Crippen LogP contribution in [0.5, 0.6) is 0 Å². The molecule has 0 spiro atoms. The molecule has 2 aromatic rings. The summed E-state index contributed by atoms with van der Waals surface area (Å²) in [4.78, 5) is 23.7. The Morgan fingerprint density at radius 1 is 1.33 bits per heavy atom. The summed E-state index contributed by atoms with van der Waals surface area (Å²) in [6.07, 6.45) is 2.98. The van der Waals surface area contributed by atoms with Gasteiger partial charge < -0.3 is 16.2 Å². The predicted octanol–water partition coefficient (Wildman–Crippen LogP) is 0.393. The SMILES string of the molecule is CCCCOC(=O)c1nc(-c2c(N)ncnc2N)nn1C. The molecule has 0 aromatic carbocycles. The average molecular weight is 291 g/mol. The van der Waals surface area contributed by atoms with Crippen LogP contribution in [0.3, 0.4) is 0 Å². The number of anilines is 2. The number of carbonyl (C=O) groups is 1. The molecule has 9 heteroatoms. The zero-order valence-corrected chi connectivity index (χ0v) is 11.9. The Hall–Kier alpha value is -2.71. The summed E-state index contributed by atoms with van der Waals surface area (Å²) < 4.78 is 6.42. The second-order valence-corrected chi connectivity index (χ2v) is 4.39. The van der Waals surface area contributed by atoms with E-state index in [9.17, 15) is 4.79 Å². The Balaban J connectivity index is 2.29. The molecule has 0 bridgehead atoms.